The van der Waals surface area contributed by atoms with Gasteiger partial charge in [-0.3, -0.25) is 9.52 Å². The van der Waals surface area contributed by atoms with Crippen LogP contribution in [0.25, 0.3) is 0 Å². The molecule has 1 aromatic carbocycles. The summed E-state index contributed by atoms with van der Waals surface area (Å²) in [5.74, 6) is 0.702. The Morgan fingerprint density at radius 1 is 1.06 bits per heavy atom. The van der Waals surface area contributed by atoms with Crippen LogP contribution >= 0.6 is 0 Å². The average Bonchev–Trinajstić information content (AvgIpc) is 3.34. The monoisotopic (exact) mass is 456 g/mol. The molecule has 3 aliphatic rings. The first-order valence-corrected chi connectivity index (χ1v) is 11.9. The summed E-state index contributed by atoms with van der Waals surface area (Å²) in [5.41, 5.74) is -0.232. The van der Waals surface area contributed by atoms with Crippen molar-refractivity contribution in [1.29, 1.82) is 0 Å². The molecular weight excluding hydrogens is 432 g/mol. The molecule has 0 aliphatic carbocycles. The molecule has 5 rings (SSSR count). The van der Waals surface area contributed by atoms with Crippen molar-refractivity contribution >= 4 is 33.4 Å². The van der Waals surface area contributed by atoms with Crippen molar-refractivity contribution in [2.45, 2.75) is 57.6 Å². The van der Waals surface area contributed by atoms with Gasteiger partial charge in [0.2, 0.25) is 5.90 Å². The molecule has 32 heavy (non-hydrogen) atoms. The van der Waals surface area contributed by atoms with E-state index in [-0.39, 0.29) is 28.9 Å². The maximum atomic E-state index is 12.8. The van der Waals surface area contributed by atoms with Crippen LogP contribution in [0.15, 0.2) is 40.2 Å². The van der Waals surface area contributed by atoms with E-state index in [1.165, 1.54) is 12.1 Å². The van der Waals surface area contributed by atoms with Crippen LogP contribution in [0.5, 0.6) is 0 Å². The zero-order valence-electron chi connectivity index (χ0n) is 18.2. The lowest BCUT2D eigenvalue weighted by molar-refractivity contribution is -0.146. The van der Waals surface area contributed by atoms with Crippen molar-refractivity contribution in [3.63, 3.8) is 0 Å². The number of nitrogens with zero attached hydrogens (tertiary/aromatic N) is 3. The van der Waals surface area contributed by atoms with E-state index in [0.717, 1.165) is 12.8 Å². The zero-order valence-corrected chi connectivity index (χ0v) is 19.1. The summed E-state index contributed by atoms with van der Waals surface area (Å²) in [4.78, 5) is 25.6. The van der Waals surface area contributed by atoms with Crippen LogP contribution in [-0.2, 0) is 24.3 Å². The van der Waals surface area contributed by atoms with Gasteiger partial charge in [0.05, 0.1) is 28.2 Å². The molecule has 10 heteroatoms. The molecule has 3 saturated heterocycles. The third-order valence-electron chi connectivity index (χ3n) is 7.03. The van der Waals surface area contributed by atoms with E-state index in [1.54, 1.807) is 32.0 Å². The lowest BCUT2D eigenvalue weighted by atomic mass is 9.59. The molecule has 4 heterocycles. The number of aliphatic imine (C=N–C) groups is 1. The molecule has 3 fully saturated rings. The highest BCUT2D eigenvalue weighted by atomic mass is 32.2. The third kappa shape index (κ3) is 2.89. The molecule has 2 aromatic rings. The molecule has 1 N–H and O–H groups in total. The number of aromatic nitrogens is 2. The molecule has 9 nitrogen and oxygen atoms in total. The number of sulfonamides is 1. The Kier molecular flexibility index (Phi) is 4.48. The zero-order chi connectivity index (χ0) is 22.9. The Hall–Kier alpha value is -2.85. The van der Waals surface area contributed by atoms with Gasteiger partial charge in [0.1, 0.15) is 17.1 Å². The topological polar surface area (TPSA) is 120 Å². The fraction of sp³-hybridized carbons (Fsp3) is 0.455. The minimum atomic E-state index is -3.84. The first-order chi connectivity index (χ1) is 15.0. The Labute approximate surface area is 186 Å². The number of cyclic esters (lactones) is 1. The Balaban J connectivity index is 1.42. The SMILES string of the molecule is Cc1cc(NS(=O)(=O)c2ccc(N=C3OC(=O)[C@]4(C)[C@H]5CC[C@H](O5)[C@]34C)cc2)nc(C)n1. The number of benzene rings is 1. The number of hydrogen-bond acceptors (Lipinski definition) is 8. The fourth-order valence-electron chi connectivity index (χ4n) is 5.08. The van der Waals surface area contributed by atoms with E-state index >= 15 is 0 Å². The molecule has 4 atom stereocenters. The molecule has 0 spiro atoms. The molecule has 0 unspecified atom stereocenters. The largest absolute Gasteiger partial charge is 0.410 e. The summed E-state index contributed by atoms with van der Waals surface area (Å²) in [6, 6.07) is 7.64. The lowest BCUT2D eigenvalue weighted by Crippen LogP contribution is -2.48. The number of fused-ring (bicyclic) bond motifs is 5. The number of rotatable bonds is 4. The fourth-order valence-corrected chi connectivity index (χ4v) is 6.07. The summed E-state index contributed by atoms with van der Waals surface area (Å²) in [6.07, 6.45) is 1.41. The van der Waals surface area contributed by atoms with Gasteiger partial charge < -0.3 is 9.47 Å². The number of anilines is 1. The molecular formula is C22H24N4O5S. The standard InChI is InChI=1S/C22H24N4O5S/c1-12-11-18(24-13(2)23-12)26-32(28,29)15-7-5-14(6-8-15)25-19-21(3)16-9-10-17(30-16)22(21,4)20(27)31-19/h5-8,11,16-17H,9-10H2,1-4H3,(H,23,24,26)/t16-,17+,21+,22-/m0/s1. The second kappa shape index (κ2) is 6.82. The number of carbonyl (C=O) groups excluding carboxylic acids is 1. The molecule has 0 radical (unpaired) electrons. The van der Waals surface area contributed by atoms with Gasteiger partial charge in [-0.25, -0.2) is 23.4 Å². The van der Waals surface area contributed by atoms with Crippen LogP contribution in [0.4, 0.5) is 11.5 Å². The molecule has 2 bridgehead atoms. The van der Waals surface area contributed by atoms with E-state index in [0.29, 0.717) is 23.1 Å². The highest BCUT2D eigenvalue weighted by Crippen LogP contribution is 2.64. The van der Waals surface area contributed by atoms with E-state index in [4.69, 9.17) is 9.47 Å². The molecule has 0 amide bonds. The minimum absolute atomic E-state index is 0.0677. The second-order valence-corrected chi connectivity index (χ2v) is 10.6. The van der Waals surface area contributed by atoms with Crippen molar-refractivity contribution in [3.8, 4) is 0 Å². The second-order valence-electron chi connectivity index (χ2n) is 8.94. The van der Waals surface area contributed by atoms with E-state index in [2.05, 4.69) is 19.7 Å². The number of nitrogens with one attached hydrogen (secondary N) is 1. The smallest absolute Gasteiger partial charge is 0.322 e. The maximum absolute atomic E-state index is 12.8. The van der Waals surface area contributed by atoms with Crippen molar-refractivity contribution in [1.82, 2.24) is 9.97 Å². The predicted octanol–water partition coefficient (Wildman–Crippen LogP) is 3.05. The van der Waals surface area contributed by atoms with Crippen LogP contribution in [-0.4, -0.2) is 42.5 Å². The Morgan fingerprint density at radius 2 is 1.72 bits per heavy atom. The Bertz CT molecular complexity index is 1240. The maximum Gasteiger partial charge on any atom is 0.322 e. The van der Waals surface area contributed by atoms with Gasteiger partial charge in [-0.2, -0.15) is 0 Å². The number of ether oxygens (including phenoxy) is 2. The van der Waals surface area contributed by atoms with Gasteiger partial charge in [-0.15, -0.1) is 0 Å². The van der Waals surface area contributed by atoms with Crippen LogP contribution < -0.4 is 4.72 Å². The van der Waals surface area contributed by atoms with Crippen LogP contribution in [0, 0.1) is 24.7 Å². The molecule has 0 saturated carbocycles. The van der Waals surface area contributed by atoms with Crippen molar-refractivity contribution in [2.24, 2.45) is 15.8 Å². The normalized spacial score (nSPS) is 32.2. The lowest BCUT2D eigenvalue weighted by Gasteiger charge is -2.36. The predicted molar refractivity (Wildman–Crippen MR) is 116 cm³/mol. The first-order valence-electron chi connectivity index (χ1n) is 10.5. The summed E-state index contributed by atoms with van der Waals surface area (Å²) in [6.45, 7) is 7.32. The average molecular weight is 457 g/mol. The Morgan fingerprint density at radius 3 is 2.38 bits per heavy atom. The van der Waals surface area contributed by atoms with Crippen LogP contribution in [0.1, 0.15) is 38.2 Å². The van der Waals surface area contributed by atoms with Gasteiger partial charge in [0.25, 0.3) is 10.0 Å². The first kappa shape index (κ1) is 21.0. The van der Waals surface area contributed by atoms with Gasteiger partial charge in [0.15, 0.2) is 0 Å². The van der Waals surface area contributed by atoms with Crippen LogP contribution in [0.2, 0.25) is 0 Å². The number of carbonyl (C=O) groups is 1. The van der Waals surface area contributed by atoms with Crippen LogP contribution in [0.3, 0.4) is 0 Å². The highest BCUT2D eigenvalue weighted by molar-refractivity contribution is 7.92. The number of esters is 1. The summed E-state index contributed by atoms with van der Waals surface area (Å²) < 4.78 is 39.6. The summed E-state index contributed by atoms with van der Waals surface area (Å²) >= 11 is 0. The van der Waals surface area contributed by atoms with Crippen molar-refractivity contribution in [2.75, 3.05) is 4.72 Å². The van der Waals surface area contributed by atoms with Gasteiger partial charge in [-0.05, 0) is 64.8 Å². The third-order valence-corrected chi connectivity index (χ3v) is 8.40. The number of hydrogen-bond donors (Lipinski definition) is 1. The van der Waals surface area contributed by atoms with Crippen molar-refractivity contribution in [3.05, 3.63) is 41.9 Å². The van der Waals surface area contributed by atoms with E-state index in [9.17, 15) is 13.2 Å². The van der Waals surface area contributed by atoms with E-state index in [1.807, 2.05) is 13.8 Å². The highest BCUT2D eigenvalue weighted by Gasteiger charge is 2.75. The van der Waals surface area contributed by atoms with E-state index < -0.39 is 20.9 Å². The quantitative estimate of drug-likeness (QED) is 0.702. The van der Waals surface area contributed by atoms with Gasteiger partial charge >= 0.3 is 5.97 Å². The summed E-state index contributed by atoms with van der Waals surface area (Å²) in [7, 11) is -3.84. The minimum Gasteiger partial charge on any atom is -0.410 e. The molecule has 1 aromatic heterocycles. The van der Waals surface area contributed by atoms with Gasteiger partial charge in [0, 0.05) is 11.8 Å². The molecule has 3 aliphatic heterocycles. The van der Waals surface area contributed by atoms with Crippen molar-refractivity contribution < 1.29 is 22.7 Å². The molecule has 168 valence electrons. The van der Waals surface area contributed by atoms with Gasteiger partial charge in [-0.1, -0.05) is 0 Å². The number of aryl methyl sites for hydroxylation is 2. The summed E-state index contributed by atoms with van der Waals surface area (Å²) in [5, 5.41) is 0.